The Kier molecular flexibility index (Phi) is 2.22. The van der Waals surface area contributed by atoms with E-state index in [0.717, 1.165) is 17.5 Å². The van der Waals surface area contributed by atoms with Gasteiger partial charge >= 0.3 is 0 Å². The van der Waals surface area contributed by atoms with Crippen molar-refractivity contribution >= 4 is 0 Å². The molecule has 11 heavy (non-hydrogen) atoms. The molecule has 0 saturated carbocycles. The molecule has 0 aliphatic heterocycles. The molecule has 0 aliphatic rings. The van der Waals surface area contributed by atoms with Gasteiger partial charge in [-0.2, -0.15) is 0 Å². The molecule has 1 aromatic rings. The molecule has 0 spiro atoms. The second-order valence-corrected chi connectivity index (χ2v) is 2.55. The summed E-state index contributed by atoms with van der Waals surface area (Å²) in [6, 6.07) is 2.48. The molecule has 2 heteroatoms. The van der Waals surface area contributed by atoms with Crippen molar-refractivity contribution in [2.24, 2.45) is 0 Å². The van der Waals surface area contributed by atoms with Gasteiger partial charge in [0, 0.05) is 0 Å². The molecule has 0 bridgehead atoms. The number of rotatable bonds is 1. The third kappa shape index (κ3) is 1.56. The van der Waals surface area contributed by atoms with Crippen LogP contribution in [0.4, 0.5) is 8.78 Å². The van der Waals surface area contributed by atoms with Crippen LogP contribution in [-0.4, -0.2) is 0 Å². The van der Waals surface area contributed by atoms with Crippen molar-refractivity contribution in [2.45, 2.75) is 20.3 Å². The maximum Gasteiger partial charge on any atom is 0.159 e. The Morgan fingerprint density at radius 2 is 1.73 bits per heavy atom. The van der Waals surface area contributed by atoms with Crippen LogP contribution in [0.1, 0.15) is 18.1 Å². The lowest BCUT2D eigenvalue weighted by atomic mass is 10.1. The molecule has 0 N–H and O–H groups in total. The van der Waals surface area contributed by atoms with E-state index in [0.29, 0.717) is 0 Å². The lowest BCUT2D eigenvalue weighted by Gasteiger charge is -2.02. The zero-order valence-electron chi connectivity index (χ0n) is 6.62. The van der Waals surface area contributed by atoms with E-state index in [4.69, 9.17) is 0 Å². The van der Waals surface area contributed by atoms with Crippen molar-refractivity contribution in [3.05, 3.63) is 34.9 Å². The predicted molar refractivity (Wildman–Crippen MR) is 40.5 cm³/mol. The minimum absolute atomic E-state index is 0.739. The third-order valence-corrected chi connectivity index (χ3v) is 1.76. The molecular weight excluding hydrogens is 146 g/mol. The highest BCUT2D eigenvalue weighted by molar-refractivity contribution is 5.27. The Hall–Kier alpha value is -0.920. The first-order valence-corrected chi connectivity index (χ1v) is 3.59. The summed E-state index contributed by atoms with van der Waals surface area (Å²) in [5, 5.41) is 0. The smallest absolute Gasteiger partial charge is 0.159 e. The molecule has 0 heterocycles. The lowest BCUT2D eigenvalue weighted by molar-refractivity contribution is 0.506. The zero-order valence-corrected chi connectivity index (χ0v) is 6.62. The second kappa shape index (κ2) is 2.99. The molecule has 0 nitrogen and oxygen atoms in total. The molecule has 0 radical (unpaired) electrons. The fraction of sp³-hybridized carbons (Fsp3) is 0.333. The van der Waals surface area contributed by atoms with Gasteiger partial charge in [0.1, 0.15) is 0 Å². The second-order valence-electron chi connectivity index (χ2n) is 2.55. The Morgan fingerprint density at radius 3 is 2.27 bits per heavy atom. The van der Waals surface area contributed by atoms with E-state index in [-0.39, 0.29) is 0 Å². The van der Waals surface area contributed by atoms with Crippen molar-refractivity contribution in [2.75, 3.05) is 0 Å². The minimum Gasteiger partial charge on any atom is -0.204 e. The molecule has 0 aromatic heterocycles. The molecule has 1 aromatic carbocycles. The standard InChI is InChI=1S/C9H10F2/c1-3-7-5-9(11)8(10)4-6(7)2/h4-5H,3H2,1-2H3. The van der Waals surface area contributed by atoms with E-state index in [1.165, 1.54) is 12.1 Å². The molecule has 0 amide bonds. The Morgan fingerprint density at radius 1 is 1.18 bits per heavy atom. The van der Waals surface area contributed by atoms with Crippen molar-refractivity contribution in [3.63, 3.8) is 0 Å². The summed E-state index contributed by atoms with van der Waals surface area (Å²) in [6.07, 6.45) is 0.739. The predicted octanol–water partition coefficient (Wildman–Crippen LogP) is 2.84. The largest absolute Gasteiger partial charge is 0.204 e. The molecule has 60 valence electrons. The maximum absolute atomic E-state index is 12.6. The van der Waals surface area contributed by atoms with Crippen LogP contribution in [-0.2, 0) is 6.42 Å². The zero-order chi connectivity index (χ0) is 8.43. The first-order chi connectivity index (χ1) is 5.15. The number of benzene rings is 1. The Bertz CT molecular complexity index is 267. The van der Waals surface area contributed by atoms with Crippen LogP contribution >= 0.6 is 0 Å². The number of halogens is 2. The average molecular weight is 156 g/mol. The summed E-state index contributed by atoms with van der Waals surface area (Å²) < 4.78 is 25.1. The van der Waals surface area contributed by atoms with Crippen LogP contribution < -0.4 is 0 Å². The summed E-state index contributed by atoms with van der Waals surface area (Å²) in [4.78, 5) is 0. The first kappa shape index (κ1) is 8.18. The fourth-order valence-corrected chi connectivity index (χ4v) is 1.07. The quantitative estimate of drug-likeness (QED) is 0.586. The van der Waals surface area contributed by atoms with Gasteiger partial charge in [-0.15, -0.1) is 0 Å². The topological polar surface area (TPSA) is 0 Å². The van der Waals surface area contributed by atoms with E-state index in [1.807, 2.05) is 6.92 Å². The van der Waals surface area contributed by atoms with Crippen molar-refractivity contribution in [3.8, 4) is 0 Å². The van der Waals surface area contributed by atoms with E-state index in [2.05, 4.69) is 0 Å². The molecular formula is C9H10F2. The van der Waals surface area contributed by atoms with Crippen LogP contribution in [0.3, 0.4) is 0 Å². The van der Waals surface area contributed by atoms with Crippen LogP contribution in [0, 0.1) is 18.6 Å². The molecule has 0 saturated heterocycles. The molecule has 0 atom stereocenters. The monoisotopic (exact) mass is 156 g/mol. The summed E-state index contributed by atoms with van der Waals surface area (Å²) in [7, 11) is 0. The number of hydrogen-bond donors (Lipinski definition) is 0. The van der Waals surface area contributed by atoms with Gasteiger partial charge < -0.3 is 0 Å². The van der Waals surface area contributed by atoms with E-state index in [9.17, 15) is 8.78 Å². The highest BCUT2D eigenvalue weighted by Crippen LogP contribution is 2.14. The van der Waals surface area contributed by atoms with Crippen LogP contribution in [0.25, 0.3) is 0 Å². The SMILES string of the molecule is CCc1cc(F)c(F)cc1C. The molecule has 0 fully saturated rings. The van der Waals surface area contributed by atoms with Gasteiger partial charge in [0.2, 0.25) is 0 Å². The maximum atomic E-state index is 12.6. The average Bonchev–Trinajstić information content (AvgIpc) is 1.97. The van der Waals surface area contributed by atoms with E-state index >= 15 is 0 Å². The summed E-state index contributed by atoms with van der Waals surface area (Å²) in [6.45, 7) is 3.70. The Balaban J connectivity index is 3.21. The lowest BCUT2D eigenvalue weighted by Crippen LogP contribution is -1.91. The first-order valence-electron chi connectivity index (χ1n) is 3.59. The summed E-state index contributed by atoms with van der Waals surface area (Å²) in [5.41, 5.74) is 1.68. The number of aryl methyl sites for hydroxylation is 2. The van der Waals surface area contributed by atoms with Gasteiger partial charge in [-0.3, -0.25) is 0 Å². The van der Waals surface area contributed by atoms with Crippen molar-refractivity contribution < 1.29 is 8.78 Å². The van der Waals surface area contributed by atoms with Crippen LogP contribution in [0.15, 0.2) is 12.1 Å². The van der Waals surface area contributed by atoms with Gasteiger partial charge in [-0.1, -0.05) is 6.92 Å². The third-order valence-electron chi connectivity index (χ3n) is 1.76. The molecule has 0 aliphatic carbocycles. The van der Waals surface area contributed by atoms with Gasteiger partial charge in [0.25, 0.3) is 0 Å². The van der Waals surface area contributed by atoms with Gasteiger partial charge in [-0.05, 0) is 36.6 Å². The highest BCUT2D eigenvalue weighted by Gasteiger charge is 2.04. The highest BCUT2D eigenvalue weighted by atomic mass is 19.2. The van der Waals surface area contributed by atoms with Gasteiger partial charge in [-0.25, -0.2) is 8.78 Å². The molecule has 0 unspecified atom stereocenters. The fourth-order valence-electron chi connectivity index (χ4n) is 1.07. The van der Waals surface area contributed by atoms with E-state index in [1.54, 1.807) is 6.92 Å². The minimum atomic E-state index is -0.764. The van der Waals surface area contributed by atoms with Gasteiger partial charge in [0.05, 0.1) is 0 Å². The van der Waals surface area contributed by atoms with Crippen LogP contribution in [0.2, 0.25) is 0 Å². The van der Waals surface area contributed by atoms with Crippen LogP contribution in [0.5, 0.6) is 0 Å². The summed E-state index contributed by atoms with van der Waals surface area (Å²) >= 11 is 0. The summed E-state index contributed by atoms with van der Waals surface area (Å²) in [5.74, 6) is -1.52. The van der Waals surface area contributed by atoms with E-state index < -0.39 is 11.6 Å². The number of hydrogen-bond acceptors (Lipinski definition) is 0. The normalized spacial score (nSPS) is 10.2. The van der Waals surface area contributed by atoms with Crippen molar-refractivity contribution in [1.29, 1.82) is 0 Å². The van der Waals surface area contributed by atoms with Crippen molar-refractivity contribution in [1.82, 2.24) is 0 Å². The Labute approximate surface area is 64.9 Å². The molecule has 1 rings (SSSR count). The van der Waals surface area contributed by atoms with Gasteiger partial charge in [0.15, 0.2) is 11.6 Å².